The summed E-state index contributed by atoms with van der Waals surface area (Å²) in [6.07, 6.45) is 5.51. The molecule has 0 aromatic heterocycles. The van der Waals surface area contributed by atoms with Crippen LogP contribution in [0.15, 0.2) is 18.2 Å². The lowest BCUT2D eigenvalue weighted by Gasteiger charge is -2.38. The molecule has 1 aromatic rings. The lowest BCUT2D eigenvalue weighted by Crippen LogP contribution is -2.52. The Labute approximate surface area is 171 Å². The first-order chi connectivity index (χ1) is 14.0. The number of imide groups is 1. The van der Waals surface area contributed by atoms with Crippen molar-refractivity contribution in [1.29, 1.82) is 0 Å². The molecule has 1 aromatic carbocycles. The number of benzene rings is 1. The summed E-state index contributed by atoms with van der Waals surface area (Å²) in [7, 11) is 4.16. The molecular weight excluding hydrogens is 368 g/mol. The Hall–Kier alpha value is -2.25. The normalized spacial score (nSPS) is 27.3. The van der Waals surface area contributed by atoms with Gasteiger partial charge in [-0.15, -0.1) is 0 Å². The summed E-state index contributed by atoms with van der Waals surface area (Å²) in [5, 5.41) is 5.82. The highest BCUT2D eigenvalue weighted by Gasteiger charge is 2.40. The van der Waals surface area contributed by atoms with Gasteiger partial charge in [0.1, 0.15) is 6.04 Å². The minimum absolute atomic E-state index is 0.0905. The molecule has 7 heteroatoms. The largest absolute Gasteiger partial charge is 0.322 e. The van der Waals surface area contributed by atoms with Gasteiger partial charge in [-0.1, -0.05) is 31.0 Å². The first-order valence-corrected chi connectivity index (χ1v) is 10.6. The zero-order chi connectivity index (χ0) is 20.5. The van der Waals surface area contributed by atoms with Gasteiger partial charge in [-0.25, -0.2) is 0 Å². The van der Waals surface area contributed by atoms with E-state index in [9.17, 15) is 14.4 Å². The molecule has 7 nitrogen and oxygen atoms in total. The molecule has 0 spiro atoms. The third kappa shape index (κ3) is 3.81. The van der Waals surface area contributed by atoms with Gasteiger partial charge in [0.25, 0.3) is 5.91 Å². The Balaban J connectivity index is 1.53. The second-order valence-corrected chi connectivity index (χ2v) is 8.51. The summed E-state index contributed by atoms with van der Waals surface area (Å²) in [6, 6.07) is 6.36. The second kappa shape index (κ2) is 8.24. The van der Waals surface area contributed by atoms with E-state index in [1.807, 2.05) is 25.2 Å². The monoisotopic (exact) mass is 398 g/mol. The molecule has 4 rings (SSSR count). The molecule has 1 aliphatic carbocycles. The van der Waals surface area contributed by atoms with E-state index >= 15 is 0 Å². The molecule has 1 saturated heterocycles. The van der Waals surface area contributed by atoms with Crippen LogP contribution in [0.5, 0.6) is 0 Å². The fraction of sp³-hybridized carbons (Fsp3) is 0.591. The number of hydrogen-bond acceptors (Lipinski definition) is 5. The zero-order valence-corrected chi connectivity index (χ0v) is 17.2. The van der Waals surface area contributed by atoms with E-state index in [1.165, 1.54) is 19.3 Å². The van der Waals surface area contributed by atoms with Gasteiger partial charge < -0.3 is 10.2 Å². The fourth-order valence-electron chi connectivity index (χ4n) is 5.18. The lowest BCUT2D eigenvalue weighted by atomic mass is 9.89. The Morgan fingerprint density at radius 3 is 2.72 bits per heavy atom. The van der Waals surface area contributed by atoms with Crippen LogP contribution >= 0.6 is 0 Å². The Morgan fingerprint density at radius 2 is 1.97 bits per heavy atom. The van der Waals surface area contributed by atoms with E-state index in [0.717, 1.165) is 23.1 Å². The topological polar surface area (TPSA) is 81.8 Å². The number of amides is 3. The average Bonchev–Trinajstić information content (AvgIpc) is 3.05. The number of rotatable bonds is 5. The Kier molecular flexibility index (Phi) is 5.69. The van der Waals surface area contributed by atoms with E-state index in [2.05, 4.69) is 22.6 Å². The number of nitrogens with zero attached hydrogens (tertiary/aromatic N) is 2. The van der Waals surface area contributed by atoms with Gasteiger partial charge in [0.15, 0.2) is 0 Å². The van der Waals surface area contributed by atoms with Crippen LogP contribution in [0.1, 0.15) is 60.0 Å². The van der Waals surface area contributed by atoms with Crippen molar-refractivity contribution < 1.29 is 14.4 Å². The van der Waals surface area contributed by atoms with Crippen molar-refractivity contribution in [3.05, 3.63) is 34.9 Å². The first-order valence-electron chi connectivity index (χ1n) is 10.6. The number of piperidine rings is 1. The van der Waals surface area contributed by atoms with Crippen molar-refractivity contribution in [2.75, 3.05) is 14.1 Å². The zero-order valence-electron chi connectivity index (χ0n) is 17.2. The number of nitrogens with one attached hydrogen (secondary N) is 2. The van der Waals surface area contributed by atoms with Gasteiger partial charge >= 0.3 is 0 Å². The summed E-state index contributed by atoms with van der Waals surface area (Å²) < 4.78 is 0. The van der Waals surface area contributed by atoms with Gasteiger partial charge in [0.2, 0.25) is 11.8 Å². The Bertz CT molecular complexity index is 824. The Morgan fingerprint density at radius 1 is 1.17 bits per heavy atom. The van der Waals surface area contributed by atoms with Crippen molar-refractivity contribution >= 4 is 17.7 Å². The summed E-state index contributed by atoms with van der Waals surface area (Å²) in [5.74, 6) is -0.711. The molecule has 2 heterocycles. The SMILES string of the molecule is CN[C@@H]1CCCC[C@H]1N(C)Cc1cccc2c1C(=O)N(C1CCC(=O)NC1=O)C2. The van der Waals surface area contributed by atoms with E-state index in [-0.39, 0.29) is 24.1 Å². The first kappa shape index (κ1) is 20.0. The number of carbonyl (C=O) groups is 3. The molecule has 1 saturated carbocycles. The maximum Gasteiger partial charge on any atom is 0.255 e. The standard InChI is InChI=1S/C22H30N4O3/c1-23-16-8-3-4-9-17(16)25(2)12-14-6-5-7-15-13-26(22(29)20(14)15)18-10-11-19(27)24-21(18)28/h5-7,16-18,23H,3-4,8-13H2,1-2H3,(H,24,27,28)/t16-,17-,18?/m1/s1. The maximum atomic E-state index is 13.3. The lowest BCUT2D eigenvalue weighted by molar-refractivity contribution is -0.136. The molecule has 3 atom stereocenters. The van der Waals surface area contributed by atoms with Crippen molar-refractivity contribution in [2.24, 2.45) is 0 Å². The van der Waals surface area contributed by atoms with Gasteiger partial charge in [-0.05, 0) is 44.5 Å². The number of fused-ring (bicyclic) bond motifs is 1. The van der Waals surface area contributed by atoms with Crippen LogP contribution in [0, 0.1) is 0 Å². The van der Waals surface area contributed by atoms with Crippen molar-refractivity contribution in [1.82, 2.24) is 20.4 Å². The molecule has 3 amide bonds. The highest BCUT2D eigenvalue weighted by atomic mass is 16.2. The molecule has 0 radical (unpaired) electrons. The van der Waals surface area contributed by atoms with Gasteiger partial charge in [0, 0.05) is 37.2 Å². The highest BCUT2D eigenvalue weighted by molar-refractivity contribution is 6.05. The van der Waals surface area contributed by atoms with Crippen LogP contribution in [-0.4, -0.2) is 59.7 Å². The second-order valence-electron chi connectivity index (χ2n) is 8.51. The van der Waals surface area contributed by atoms with E-state index in [0.29, 0.717) is 31.6 Å². The van der Waals surface area contributed by atoms with Crippen molar-refractivity contribution in [2.45, 2.75) is 69.7 Å². The average molecular weight is 399 g/mol. The van der Waals surface area contributed by atoms with E-state index in [1.54, 1.807) is 4.90 Å². The van der Waals surface area contributed by atoms with Crippen LogP contribution < -0.4 is 10.6 Å². The highest BCUT2D eigenvalue weighted by Crippen LogP contribution is 2.31. The van der Waals surface area contributed by atoms with Crippen molar-refractivity contribution in [3.8, 4) is 0 Å². The van der Waals surface area contributed by atoms with E-state index < -0.39 is 6.04 Å². The number of hydrogen-bond donors (Lipinski definition) is 2. The third-order valence-electron chi connectivity index (χ3n) is 6.72. The molecule has 156 valence electrons. The van der Waals surface area contributed by atoms with Crippen LogP contribution in [0.3, 0.4) is 0 Å². The van der Waals surface area contributed by atoms with Gasteiger partial charge in [0.05, 0.1) is 0 Å². The molecule has 2 fully saturated rings. The van der Waals surface area contributed by atoms with Crippen LogP contribution in [0.4, 0.5) is 0 Å². The third-order valence-corrected chi connectivity index (χ3v) is 6.72. The molecule has 2 aliphatic heterocycles. The van der Waals surface area contributed by atoms with Gasteiger partial charge in [-0.3, -0.25) is 24.6 Å². The predicted molar refractivity (Wildman–Crippen MR) is 109 cm³/mol. The van der Waals surface area contributed by atoms with Gasteiger partial charge in [-0.2, -0.15) is 0 Å². The summed E-state index contributed by atoms with van der Waals surface area (Å²) in [6.45, 7) is 1.14. The summed E-state index contributed by atoms with van der Waals surface area (Å²) in [4.78, 5) is 41.0. The predicted octanol–water partition coefficient (Wildman–Crippen LogP) is 1.41. The van der Waals surface area contributed by atoms with Crippen LogP contribution in [0.2, 0.25) is 0 Å². The molecule has 1 unspecified atom stereocenters. The summed E-state index contributed by atoms with van der Waals surface area (Å²) >= 11 is 0. The molecular formula is C22H30N4O3. The minimum atomic E-state index is -0.565. The maximum absolute atomic E-state index is 13.3. The fourth-order valence-corrected chi connectivity index (χ4v) is 5.18. The van der Waals surface area contributed by atoms with Crippen LogP contribution in [0.25, 0.3) is 0 Å². The number of likely N-dealkylation sites (N-methyl/N-ethyl adjacent to an activating group) is 2. The van der Waals surface area contributed by atoms with Crippen molar-refractivity contribution in [3.63, 3.8) is 0 Å². The summed E-state index contributed by atoms with van der Waals surface area (Å²) in [5.41, 5.74) is 2.73. The molecule has 0 bridgehead atoms. The quantitative estimate of drug-likeness (QED) is 0.733. The smallest absolute Gasteiger partial charge is 0.255 e. The minimum Gasteiger partial charge on any atom is -0.322 e. The molecule has 29 heavy (non-hydrogen) atoms. The van der Waals surface area contributed by atoms with Crippen LogP contribution in [-0.2, 0) is 22.7 Å². The molecule has 3 aliphatic rings. The number of carbonyl (C=O) groups excluding carboxylic acids is 3. The molecule has 2 N–H and O–H groups in total. The van der Waals surface area contributed by atoms with E-state index in [4.69, 9.17) is 0 Å².